The zero-order chi connectivity index (χ0) is 38.1. The van der Waals surface area contributed by atoms with Gasteiger partial charge in [-0.25, -0.2) is 15.0 Å². The Morgan fingerprint density at radius 2 is 0.754 bits per heavy atom. The molecule has 0 N–H and O–H groups in total. The van der Waals surface area contributed by atoms with Gasteiger partial charge in [-0.3, -0.25) is 4.98 Å². The minimum atomic E-state index is 0.621. The Kier molecular flexibility index (Phi) is 8.69. The average molecular weight is 729 g/mol. The largest absolute Gasteiger partial charge is 0.253 e. The van der Waals surface area contributed by atoms with Gasteiger partial charge in [0.05, 0.1) is 5.69 Å². The molecule has 0 bridgehead atoms. The van der Waals surface area contributed by atoms with Crippen molar-refractivity contribution in [1.29, 1.82) is 0 Å². The molecule has 268 valence electrons. The van der Waals surface area contributed by atoms with E-state index in [2.05, 4.69) is 133 Å². The highest BCUT2D eigenvalue weighted by Crippen LogP contribution is 2.39. The fourth-order valence-corrected chi connectivity index (χ4v) is 7.70. The number of benzene rings is 8. The summed E-state index contributed by atoms with van der Waals surface area (Å²) < 4.78 is 0. The fourth-order valence-electron chi connectivity index (χ4n) is 7.70. The van der Waals surface area contributed by atoms with Gasteiger partial charge in [-0.2, -0.15) is 0 Å². The van der Waals surface area contributed by atoms with Crippen molar-refractivity contribution in [2.75, 3.05) is 0 Å². The molecule has 8 aromatic carbocycles. The van der Waals surface area contributed by atoms with Crippen LogP contribution in [0.3, 0.4) is 0 Å². The summed E-state index contributed by atoms with van der Waals surface area (Å²) in [6, 6.07) is 70.3. The van der Waals surface area contributed by atoms with Crippen molar-refractivity contribution in [3.8, 4) is 78.8 Å². The van der Waals surface area contributed by atoms with E-state index >= 15 is 0 Å². The fraction of sp³-hybridized carbons (Fsp3) is 0.0189. The van der Waals surface area contributed by atoms with Crippen molar-refractivity contribution in [1.82, 2.24) is 19.9 Å². The van der Waals surface area contributed by atoms with Crippen LogP contribution in [0.5, 0.6) is 0 Å². The van der Waals surface area contributed by atoms with Gasteiger partial charge in [0.25, 0.3) is 0 Å². The van der Waals surface area contributed by atoms with Gasteiger partial charge in [0.1, 0.15) is 0 Å². The van der Waals surface area contributed by atoms with E-state index in [0.29, 0.717) is 17.5 Å². The monoisotopic (exact) mass is 728 g/mol. The number of hydrogen-bond acceptors (Lipinski definition) is 4. The Labute approximate surface area is 331 Å². The third-order valence-corrected chi connectivity index (χ3v) is 10.6. The van der Waals surface area contributed by atoms with Crippen LogP contribution < -0.4 is 0 Å². The predicted molar refractivity (Wildman–Crippen MR) is 235 cm³/mol. The van der Waals surface area contributed by atoms with Crippen LogP contribution in [0.2, 0.25) is 0 Å². The zero-order valence-electron chi connectivity index (χ0n) is 31.3. The van der Waals surface area contributed by atoms with Gasteiger partial charge in [-0.1, -0.05) is 164 Å². The first-order chi connectivity index (χ1) is 28.1. The van der Waals surface area contributed by atoms with Gasteiger partial charge in [0, 0.05) is 27.9 Å². The molecule has 2 aromatic heterocycles. The van der Waals surface area contributed by atoms with Gasteiger partial charge in [0.15, 0.2) is 17.5 Å². The molecule has 57 heavy (non-hydrogen) atoms. The van der Waals surface area contributed by atoms with Gasteiger partial charge in [0.2, 0.25) is 0 Å². The van der Waals surface area contributed by atoms with Crippen molar-refractivity contribution in [2.45, 2.75) is 6.92 Å². The summed E-state index contributed by atoms with van der Waals surface area (Å²) in [5.41, 5.74) is 12.6. The Hall–Kier alpha value is -7.56. The number of fused-ring (bicyclic) bond motifs is 3. The molecule has 0 spiro atoms. The van der Waals surface area contributed by atoms with E-state index in [1.165, 1.54) is 21.5 Å². The van der Waals surface area contributed by atoms with Crippen LogP contribution in [-0.4, -0.2) is 19.9 Å². The molecule has 4 heteroatoms. The molecule has 0 aliphatic carbocycles. The molecule has 2 heterocycles. The highest BCUT2D eigenvalue weighted by molar-refractivity contribution is 6.14. The lowest BCUT2D eigenvalue weighted by Crippen LogP contribution is -2.00. The third kappa shape index (κ3) is 6.75. The predicted octanol–water partition coefficient (Wildman–Crippen LogP) is 13.6. The Morgan fingerprint density at radius 3 is 1.37 bits per heavy atom. The van der Waals surface area contributed by atoms with Crippen LogP contribution in [0.25, 0.3) is 100 Å². The molecule has 0 radical (unpaired) electrons. The number of aromatic nitrogens is 4. The average Bonchev–Trinajstić information content (AvgIpc) is 3.29. The zero-order valence-corrected chi connectivity index (χ0v) is 31.3. The summed E-state index contributed by atoms with van der Waals surface area (Å²) in [4.78, 5) is 20.0. The van der Waals surface area contributed by atoms with E-state index < -0.39 is 0 Å². The number of rotatable bonds is 7. The van der Waals surface area contributed by atoms with E-state index in [1.807, 2.05) is 73.7 Å². The van der Waals surface area contributed by atoms with Crippen molar-refractivity contribution in [3.63, 3.8) is 0 Å². The third-order valence-electron chi connectivity index (χ3n) is 10.6. The standard InChI is InChI=1S/C53H36N4/c1-35-13-12-22-50(54-35)39-29-27-37(28-30-39)36-23-25-38(26-24-36)43-31-44(49-34-42-18-8-9-19-46(42)47-20-10-11-21-48(47)49)33-45(32-43)53-56-51(40-14-4-2-5-15-40)55-52(57-53)41-16-6-3-7-17-41/h2-34H,1H3. The number of aryl methyl sites for hydroxylation is 1. The second-order valence-electron chi connectivity index (χ2n) is 14.3. The Morgan fingerprint density at radius 1 is 0.281 bits per heavy atom. The first kappa shape index (κ1) is 34.0. The van der Waals surface area contributed by atoms with Crippen LogP contribution in [0.4, 0.5) is 0 Å². The second kappa shape index (κ2) is 14.6. The normalized spacial score (nSPS) is 11.2. The van der Waals surface area contributed by atoms with Crippen LogP contribution in [0, 0.1) is 6.92 Å². The molecule has 0 unspecified atom stereocenters. The summed E-state index contributed by atoms with van der Waals surface area (Å²) in [7, 11) is 0. The molecule has 10 aromatic rings. The van der Waals surface area contributed by atoms with Gasteiger partial charge >= 0.3 is 0 Å². The maximum Gasteiger partial charge on any atom is 0.164 e. The summed E-state index contributed by atoms with van der Waals surface area (Å²) in [6.45, 7) is 2.02. The van der Waals surface area contributed by atoms with E-state index in [1.54, 1.807) is 0 Å². The first-order valence-corrected chi connectivity index (χ1v) is 19.2. The molecule has 0 aliphatic rings. The van der Waals surface area contributed by atoms with Crippen molar-refractivity contribution >= 4 is 21.5 Å². The topological polar surface area (TPSA) is 51.6 Å². The van der Waals surface area contributed by atoms with Crippen molar-refractivity contribution < 1.29 is 0 Å². The highest BCUT2D eigenvalue weighted by atomic mass is 15.0. The van der Waals surface area contributed by atoms with Crippen LogP contribution in [-0.2, 0) is 0 Å². The molecular formula is C53H36N4. The van der Waals surface area contributed by atoms with Crippen LogP contribution in [0.15, 0.2) is 200 Å². The minimum absolute atomic E-state index is 0.621. The molecule has 0 aliphatic heterocycles. The second-order valence-corrected chi connectivity index (χ2v) is 14.3. The smallest absolute Gasteiger partial charge is 0.164 e. The summed E-state index contributed by atoms with van der Waals surface area (Å²) in [6.07, 6.45) is 0. The van der Waals surface area contributed by atoms with Crippen molar-refractivity contribution in [3.05, 3.63) is 206 Å². The maximum absolute atomic E-state index is 5.14. The van der Waals surface area contributed by atoms with Gasteiger partial charge in [-0.15, -0.1) is 0 Å². The Bertz CT molecular complexity index is 2990. The highest BCUT2D eigenvalue weighted by Gasteiger charge is 2.17. The lowest BCUT2D eigenvalue weighted by molar-refractivity contribution is 1.07. The quantitative estimate of drug-likeness (QED) is 0.153. The summed E-state index contributed by atoms with van der Waals surface area (Å²) >= 11 is 0. The molecular weight excluding hydrogens is 693 g/mol. The Balaban J connectivity index is 1.13. The van der Waals surface area contributed by atoms with E-state index in [4.69, 9.17) is 19.9 Å². The summed E-state index contributed by atoms with van der Waals surface area (Å²) in [5, 5.41) is 4.86. The number of nitrogens with zero attached hydrogens (tertiary/aromatic N) is 4. The molecule has 10 rings (SSSR count). The lowest BCUT2D eigenvalue weighted by Gasteiger charge is -2.15. The molecule has 0 saturated carbocycles. The van der Waals surface area contributed by atoms with Gasteiger partial charge < -0.3 is 0 Å². The van der Waals surface area contributed by atoms with E-state index in [0.717, 1.165) is 67.0 Å². The molecule has 0 atom stereocenters. The molecule has 4 nitrogen and oxygen atoms in total. The van der Waals surface area contributed by atoms with E-state index in [-0.39, 0.29) is 0 Å². The number of hydrogen-bond donors (Lipinski definition) is 0. The first-order valence-electron chi connectivity index (χ1n) is 19.2. The molecule has 0 fully saturated rings. The number of pyridine rings is 1. The van der Waals surface area contributed by atoms with E-state index in [9.17, 15) is 0 Å². The summed E-state index contributed by atoms with van der Waals surface area (Å²) in [5.74, 6) is 1.89. The molecule has 0 saturated heterocycles. The van der Waals surface area contributed by atoms with Crippen LogP contribution in [0.1, 0.15) is 5.69 Å². The minimum Gasteiger partial charge on any atom is -0.253 e. The maximum atomic E-state index is 5.14. The van der Waals surface area contributed by atoms with Crippen LogP contribution >= 0.6 is 0 Å². The van der Waals surface area contributed by atoms with Gasteiger partial charge in [-0.05, 0) is 98.2 Å². The van der Waals surface area contributed by atoms with Crippen molar-refractivity contribution in [2.24, 2.45) is 0 Å². The lowest BCUT2D eigenvalue weighted by atomic mass is 9.90. The SMILES string of the molecule is Cc1cccc(-c2ccc(-c3ccc(-c4cc(-c5nc(-c6ccccc6)nc(-c6ccccc6)n5)cc(-c5cc6ccccc6c6ccccc56)c4)cc3)cc2)n1. The molecule has 0 amide bonds.